The average Bonchev–Trinajstić information content (AvgIpc) is 2.45. The lowest BCUT2D eigenvalue weighted by atomic mass is 9.99. The fourth-order valence-corrected chi connectivity index (χ4v) is 2.72. The summed E-state index contributed by atoms with van der Waals surface area (Å²) in [6.07, 6.45) is 1.61. The zero-order valence-electron chi connectivity index (χ0n) is 12.7. The molecule has 1 saturated heterocycles. The van der Waals surface area contributed by atoms with Crippen LogP contribution in [-0.4, -0.2) is 35.5 Å². The molecule has 108 valence electrons. The van der Waals surface area contributed by atoms with Crippen molar-refractivity contribution in [2.45, 2.75) is 46.1 Å². The number of anilines is 1. The lowest BCUT2D eigenvalue weighted by Gasteiger charge is -2.43. The Morgan fingerprint density at radius 3 is 2.60 bits per heavy atom. The Labute approximate surface area is 120 Å². The largest absolute Gasteiger partial charge is 0.377 e. The summed E-state index contributed by atoms with van der Waals surface area (Å²) in [7, 11) is 0. The van der Waals surface area contributed by atoms with Crippen molar-refractivity contribution in [3.63, 3.8) is 0 Å². The first-order valence-corrected chi connectivity index (χ1v) is 7.19. The summed E-state index contributed by atoms with van der Waals surface area (Å²) >= 11 is 0. The first-order chi connectivity index (χ1) is 9.55. The highest BCUT2D eigenvalue weighted by molar-refractivity contribution is 5.59. The number of nitriles is 1. The van der Waals surface area contributed by atoms with E-state index >= 15 is 0 Å². The van der Waals surface area contributed by atoms with Gasteiger partial charge in [-0.05, 0) is 32.3 Å². The van der Waals surface area contributed by atoms with Gasteiger partial charge < -0.3 is 9.64 Å². The summed E-state index contributed by atoms with van der Waals surface area (Å²) in [5, 5.41) is 18.3. The van der Waals surface area contributed by atoms with Crippen molar-refractivity contribution in [3.8, 4) is 6.07 Å². The van der Waals surface area contributed by atoms with Crippen LogP contribution >= 0.6 is 0 Å². The van der Waals surface area contributed by atoms with Gasteiger partial charge in [-0.2, -0.15) is 10.4 Å². The summed E-state index contributed by atoms with van der Waals surface area (Å²) < 4.78 is 5.54. The van der Waals surface area contributed by atoms with Crippen molar-refractivity contribution < 1.29 is 4.74 Å². The number of ether oxygens (including phenoxy) is 1. The van der Waals surface area contributed by atoms with Gasteiger partial charge in [0, 0.05) is 6.54 Å². The topological polar surface area (TPSA) is 62.0 Å². The van der Waals surface area contributed by atoms with E-state index in [1.54, 1.807) is 0 Å². The van der Waals surface area contributed by atoms with Crippen LogP contribution in [0.2, 0.25) is 0 Å². The molecule has 1 aromatic heterocycles. The van der Waals surface area contributed by atoms with Crippen molar-refractivity contribution >= 4 is 5.82 Å². The summed E-state index contributed by atoms with van der Waals surface area (Å²) in [5.74, 6) is 0.704. The molecule has 0 saturated carbocycles. The molecule has 20 heavy (non-hydrogen) atoms. The number of nitrogens with zero attached hydrogens (tertiary/aromatic N) is 4. The van der Waals surface area contributed by atoms with Crippen LogP contribution in [0.5, 0.6) is 0 Å². The SMILES string of the molecule is CCc1nnc(N2CCOCC2(C)C)c(C#N)c1CC. The molecule has 0 radical (unpaired) electrons. The van der Waals surface area contributed by atoms with E-state index in [1.807, 2.05) is 6.92 Å². The highest BCUT2D eigenvalue weighted by atomic mass is 16.5. The molecule has 2 rings (SSSR count). The van der Waals surface area contributed by atoms with Gasteiger partial charge in [0.05, 0.1) is 24.4 Å². The quantitative estimate of drug-likeness (QED) is 0.844. The number of hydrogen-bond acceptors (Lipinski definition) is 5. The Kier molecular flexibility index (Phi) is 4.24. The smallest absolute Gasteiger partial charge is 0.170 e. The van der Waals surface area contributed by atoms with Gasteiger partial charge in [0.2, 0.25) is 0 Å². The van der Waals surface area contributed by atoms with Gasteiger partial charge in [-0.25, -0.2) is 0 Å². The standard InChI is InChI=1S/C15H22N4O/c1-5-11-12(9-16)14(18-17-13(11)6-2)19-7-8-20-10-15(19,3)4/h5-8,10H2,1-4H3. The van der Waals surface area contributed by atoms with Crippen molar-refractivity contribution in [2.75, 3.05) is 24.7 Å². The zero-order chi connectivity index (χ0) is 14.8. The van der Waals surface area contributed by atoms with Gasteiger partial charge in [0.15, 0.2) is 5.82 Å². The molecule has 5 nitrogen and oxygen atoms in total. The summed E-state index contributed by atoms with van der Waals surface area (Å²) in [6, 6.07) is 2.34. The Morgan fingerprint density at radius 2 is 2.05 bits per heavy atom. The minimum Gasteiger partial charge on any atom is -0.377 e. The van der Waals surface area contributed by atoms with Gasteiger partial charge in [0.1, 0.15) is 11.6 Å². The molecule has 2 heterocycles. The summed E-state index contributed by atoms with van der Waals surface area (Å²) in [5.41, 5.74) is 2.47. The van der Waals surface area contributed by atoms with Crippen LogP contribution in [0.15, 0.2) is 0 Å². The molecule has 5 heteroatoms. The summed E-state index contributed by atoms with van der Waals surface area (Å²) in [4.78, 5) is 2.15. The molecule has 0 N–H and O–H groups in total. The van der Waals surface area contributed by atoms with E-state index in [0.29, 0.717) is 24.6 Å². The number of aromatic nitrogens is 2. The van der Waals surface area contributed by atoms with Gasteiger partial charge in [0.25, 0.3) is 0 Å². The van der Waals surface area contributed by atoms with Crippen molar-refractivity contribution in [1.29, 1.82) is 5.26 Å². The molecule has 1 fully saturated rings. The van der Waals surface area contributed by atoms with Crippen LogP contribution in [-0.2, 0) is 17.6 Å². The first-order valence-electron chi connectivity index (χ1n) is 7.19. The number of aryl methyl sites for hydroxylation is 1. The lowest BCUT2D eigenvalue weighted by molar-refractivity contribution is 0.0637. The van der Waals surface area contributed by atoms with E-state index in [2.05, 4.69) is 41.9 Å². The predicted octanol–water partition coefficient (Wildman–Crippen LogP) is 2.09. The third kappa shape index (κ3) is 2.48. The van der Waals surface area contributed by atoms with E-state index < -0.39 is 0 Å². The van der Waals surface area contributed by atoms with Crippen molar-refractivity contribution in [3.05, 3.63) is 16.8 Å². The Bertz CT molecular complexity index is 533. The van der Waals surface area contributed by atoms with Crippen molar-refractivity contribution in [1.82, 2.24) is 10.2 Å². The summed E-state index contributed by atoms with van der Waals surface area (Å²) in [6.45, 7) is 10.4. The fourth-order valence-electron chi connectivity index (χ4n) is 2.72. The van der Waals surface area contributed by atoms with Crippen LogP contribution in [0.25, 0.3) is 0 Å². The third-order valence-electron chi connectivity index (χ3n) is 3.84. The molecule has 0 unspecified atom stereocenters. The molecule has 0 aliphatic carbocycles. The van der Waals surface area contributed by atoms with Gasteiger partial charge >= 0.3 is 0 Å². The van der Waals surface area contributed by atoms with Crippen molar-refractivity contribution in [2.24, 2.45) is 0 Å². The highest BCUT2D eigenvalue weighted by Crippen LogP contribution is 2.30. The second-order valence-corrected chi connectivity index (χ2v) is 5.66. The Hall–Kier alpha value is -1.67. The number of rotatable bonds is 3. The molecule has 1 aliphatic rings. The normalized spacial score (nSPS) is 17.9. The molecule has 0 amide bonds. The first kappa shape index (κ1) is 14.7. The second-order valence-electron chi connectivity index (χ2n) is 5.66. The maximum absolute atomic E-state index is 9.58. The molecule has 1 aliphatic heterocycles. The van der Waals surface area contributed by atoms with Gasteiger partial charge in [-0.1, -0.05) is 13.8 Å². The van der Waals surface area contributed by atoms with Crippen LogP contribution in [0.3, 0.4) is 0 Å². The molecule has 0 spiro atoms. The minimum atomic E-state index is -0.169. The average molecular weight is 274 g/mol. The fraction of sp³-hybridized carbons (Fsp3) is 0.667. The van der Waals surface area contributed by atoms with Crippen LogP contribution in [0.4, 0.5) is 5.82 Å². The maximum atomic E-state index is 9.58. The molecule has 0 atom stereocenters. The minimum absolute atomic E-state index is 0.169. The Morgan fingerprint density at radius 1 is 1.30 bits per heavy atom. The van der Waals surface area contributed by atoms with Crippen LogP contribution in [0.1, 0.15) is 44.5 Å². The van der Waals surface area contributed by atoms with E-state index in [0.717, 1.165) is 30.6 Å². The third-order valence-corrected chi connectivity index (χ3v) is 3.84. The van der Waals surface area contributed by atoms with Crippen LogP contribution in [0, 0.1) is 11.3 Å². The Balaban J connectivity index is 2.54. The molecular formula is C15H22N4O. The zero-order valence-corrected chi connectivity index (χ0v) is 12.7. The number of hydrogen-bond donors (Lipinski definition) is 0. The van der Waals surface area contributed by atoms with Crippen LogP contribution < -0.4 is 4.90 Å². The van der Waals surface area contributed by atoms with Gasteiger partial charge in [-0.15, -0.1) is 5.10 Å². The maximum Gasteiger partial charge on any atom is 0.170 e. The van der Waals surface area contributed by atoms with Gasteiger partial charge in [-0.3, -0.25) is 0 Å². The molecule has 1 aromatic rings. The van der Waals surface area contributed by atoms with E-state index in [-0.39, 0.29) is 5.54 Å². The van der Waals surface area contributed by atoms with E-state index in [4.69, 9.17) is 4.74 Å². The predicted molar refractivity (Wildman–Crippen MR) is 77.7 cm³/mol. The lowest BCUT2D eigenvalue weighted by Crippen LogP contribution is -2.54. The van der Waals surface area contributed by atoms with E-state index in [1.165, 1.54) is 0 Å². The molecular weight excluding hydrogens is 252 g/mol. The highest BCUT2D eigenvalue weighted by Gasteiger charge is 2.34. The second kappa shape index (κ2) is 5.76. The monoisotopic (exact) mass is 274 g/mol. The number of morpholine rings is 1. The molecule has 0 bridgehead atoms. The molecule has 0 aromatic carbocycles. The van der Waals surface area contributed by atoms with E-state index in [9.17, 15) is 5.26 Å².